The van der Waals surface area contributed by atoms with E-state index in [1.54, 1.807) is 25.1 Å². The van der Waals surface area contributed by atoms with Crippen LogP contribution in [0.3, 0.4) is 0 Å². The average molecular weight is 423 g/mol. The normalized spacial score (nSPS) is 12.1. The Hall–Kier alpha value is -1.13. The van der Waals surface area contributed by atoms with Gasteiger partial charge in [-0.1, -0.05) is 95.1 Å². The van der Waals surface area contributed by atoms with Crippen molar-refractivity contribution < 1.29 is 12.6 Å². The van der Waals surface area contributed by atoms with Crippen LogP contribution in [0.2, 0.25) is 0 Å². The number of allylic oxidation sites excluding steroid dienone is 2. The lowest BCUT2D eigenvalue weighted by Crippen LogP contribution is -2.09. The first-order valence-electron chi connectivity index (χ1n) is 11.7. The second kappa shape index (κ2) is 16.6. The Kier molecular flexibility index (Phi) is 14.9. The van der Waals surface area contributed by atoms with Crippen molar-refractivity contribution >= 4 is 10.1 Å². The van der Waals surface area contributed by atoms with Crippen LogP contribution in [0.15, 0.2) is 41.3 Å². The smallest absolute Gasteiger partial charge is 0.266 e. The fourth-order valence-corrected chi connectivity index (χ4v) is 4.59. The Morgan fingerprint density at radius 1 is 0.759 bits per heavy atom. The fraction of sp³-hybridized carbons (Fsp3) is 0.680. The van der Waals surface area contributed by atoms with Crippen LogP contribution in [0, 0.1) is 6.92 Å². The first kappa shape index (κ1) is 25.9. The SMILES string of the molecule is CCCCCCCC/C=C\CCCCCCCCOS(=O)(=O)c1ccccc1C. The molecule has 1 rings (SSSR count). The van der Waals surface area contributed by atoms with E-state index in [2.05, 4.69) is 19.1 Å². The summed E-state index contributed by atoms with van der Waals surface area (Å²) in [5.41, 5.74) is 0.730. The van der Waals surface area contributed by atoms with Crippen LogP contribution < -0.4 is 0 Å². The van der Waals surface area contributed by atoms with Gasteiger partial charge in [-0.15, -0.1) is 0 Å². The van der Waals surface area contributed by atoms with Crippen LogP contribution >= 0.6 is 0 Å². The van der Waals surface area contributed by atoms with E-state index in [-0.39, 0.29) is 11.5 Å². The molecule has 29 heavy (non-hydrogen) atoms. The lowest BCUT2D eigenvalue weighted by molar-refractivity contribution is 0.306. The predicted molar refractivity (Wildman–Crippen MR) is 124 cm³/mol. The molecule has 0 bridgehead atoms. The van der Waals surface area contributed by atoms with Crippen LogP contribution in [0.25, 0.3) is 0 Å². The number of unbranched alkanes of at least 4 members (excludes halogenated alkanes) is 12. The second-order valence-corrected chi connectivity index (χ2v) is 9.56. The molecule has 0 amide bonds. The summed E-state index contributed by atoms with van der Waals surface area (Å²) in [5, 5.41) is 0. The van der Waals surface area contributed by atoms with Crippen molar-refractivity contribution in [2.24, 2.45) is 0 Å². The topological polar surface area (TPSA) is 43.4 Å². The number of aryl methyl sites for hydroxylation is 1. The minimum atomic E-state index is -3.62. The van der Waals surface area contributed by atoms with Gasteiger partial charge < -0.3 is 0 Å². The molecule has 4 heteroatoms. The van der Waals surface area contributed by atoms with Crippen molar-refractivity contribution in [3.05, 3.63) is 42.0 Å². The van der Waals surface area contributed by atoms with E-state index >= 15 is 0 Å². The largest absolute Gasteiger partial charge is 0.297 e. The summed E-state index contributed by atoms with van der Waals surface area (Å²) >= 11 is 0. The van der Waals surface area contributed by atoms with Gasteiger partial charge in [0.1, 0.15) is 0 Å². The molecular weight excluding hydrogens is 380 g/mol. The van der Waals surface area contributed by atoms with Crippen LogP contribution in [-0.2, 0) is 14.3 Å². The molecule has 0 radical (unpaired) electrons. The van der Waals surface area contributed by atoms with Crippen molar-refractivity contribution in [3.8, 4) is 0 Å². The zero-order valence-corrected chi connectivity index (χ0v) is 19.5. The first-order valence-corrected chi connectivity index (χ1v) is 13.1. The summed E-state index contributed by atoms with van der Waals surface area (Å²) in [4.78, 5) is 0.282. The first-order chi connectivity index (χ1) is 14.1. The van der Waals surface area contributed by atoms with Crippen LogP contribution in [0.1, 0.15) is 102 Å². The van der Waals surface area contributed by atoms with Gasteiger partial charge in [0.2, 0.25) is 0 Å². The molecule has 0 spiro atoms. The highest BCUT2D eigenvalue weighted by molar-refractivity contribution is 7.86. The van der Waals surface area contributed by atoms with E-state index < -0.39 is 10.1 Å². The quantitative estimate of drug-likeness (QED) is 0.138. The predicted octanol–water partition coefficient (Wildman–Crippen LogP) is 7.74. The molecule has 0 aliphatic carbocycles. The molecule has 0 unspecified atom stereocenters. The lowest BCUT2D eigenvalue weighted by Gasteiger charge is -2.08. The number of benzene rings is 1. The van der Waals surface area contributed by atoms with Gasteiger partial charge in [0.05, 0.1) is 11.5 Å². The molecule has 0 aliphatic rings. The zero-order chi connectivity index (χ0) is 21.2. The fourth-order valence-electron chi connectivity index (χ4n) is 3.42. The van der Waals surface area contributed by atoms with E-state index in [9.17, 15) is 8.42 Å². The highest BCUT2D eigenvalue weighted by Gasteiger charge is 2.16. The average Bonchev–Trinajstić information content (AvgIpc) is 2.70. The van der Waals surface area contributed by atoms with Gasteiger partial charge in [-0.05, 0) is 50.7 Å². The molecule has 3 nitrogen and oxygen atoms in total. The van der Waals surface area contributed by atoms with E-state index in [0.29, 0.717) is 0 Å². The van der Waals surface area contributed by atoms with Gasteiger partial charge in [-0.25, -0.2) is 0 Å². The lowest BCUT2D eigenvalue weighted by atomic mass is 10.1. The van der Waals surface area contributed by atoms with Crippen molar-refractivity contribution in [2.75, 3.05) is 6.61 Å². The van der Waals surface area contributed by atoms with Crippen LogP contribution in [-0.4, -0.2) is 15.0 Å². The molecule has 0 aliphatic heterocycles. The summed E-state index contributed by atoms with van der Waals surface area (Å²) in [6, 6.07) is 6.96. The molecule has 0 aromatic heterocycles. The Labute approximate surface area is 180 Å². The standard InChI is InChI=1S/C25H42O3S/c1-3-4-5-6-7-8-9-10-11-12-13-14-15-16-17-20-23-28-29(26,27)25-22-19-18-21-24(25)2/h10-11,18-19,21-22H,3-9,12-17,20,23H2,1-2H3/b11-10-. The number of hydrogen-bond donors (Lipinski definition) is 0. The van der Waals surface area contributed by atoms with E-state index in [1.165, 1.54) is 70.6 Å². The van der Waals surface area contributed by atoms with Crippen molar-refractivity contribution in [1.82, 2.24) is 0 Å². The molecule has 0 N–H and O–H groups in total. The summed E-state index contributed by atoms with van der Waals surface area (Å²) < 4.78 is 29.5. The second-order valence-electron chi connectivity index (χ2n) is 7.98. The molecule has 0 fully saturated rings. The van der Waals surface area contributed by atoms with Gasteiger partial charge in [0, 0.05) is 0 Å². The maximum Gasteiger partial charge on any atom is 0.297 e. The minimum absolute atomic E-state index is 0.276. The molecule has 1 aromatic carbocycles. The van der Waals surface area contributed by atoms with E-state index in [0.717, 1.165) is 24.8 Å². The Morgan fingerprint density at radius 3 is 1.86 bits per heavy atom. The summed E-state index contributed by atoms with van der Waals surface area (Å²) in [7, 11) is -3.62. The summed E-state index contributed by atoms with van der Waals surface area (Å²) in [6.07, 6.45) is 22.0. The van der Waals surface area contributed by atoms with Crippen LogP contribution in [0.4, 0.5) is 0 Å². The third-order valence-corrected chi connectivity index (χ3v) is 6.73. The molecule has 0 saturated heterocycles. The third kappa shape index (κ3) is 12.9. The summed E-state index contributed by atoms with van der Waals surface area (Å²) in [6.45, 7) is 4.33. The van der Waals surface area contributed by atoms with Gasteiger partial charge in [-0.3, -0.25) is 4.18 Å². The zero-order valence-electron chi connectivity index (χ0n) is 18.7. The maximum atomic E-state index is 12.2. The van der Waals surface area contributed by atoms with E-state index in [1.807, 2.05) is 6.07 Å². The van der Waals surface area contributed by atoms with Crippen LogP contribution in [0.5, 0.6) is 0 Å². The van der Waals surface area contributed by atoms with Gasteiger partial charge >= 0.3 is 0 Å². The molecular formula is C25H42O3S. The number of hydrogen-bond acceptors (Lipinski definition) is 3. The Morgan fingerprint density at radius 2 is 1.28 bits per heavy atom. The van der Waals surface area contributed by atoms with Gasteiger partial charge in [0.25, 0.3) is 10.1 Å². The molecule has 0 atom stereocenters. The number of rotatable bonds is 18. The molecule has 0 saturated carbocycles. The van der Waals surface area contributed by atoms with Gasteiger partial charge in [0.15, 0.2) is 0 Å². The molecule has 0 heterocycles. The van der Waals surface area contributed by atoms with Crippen molar-refractivity contribution in [1.29, 1.82) is 0 Å². The van der Waals surface area contributed by atoms with Crippen molar-refractivity contribution in [2.45, 2.75) is 109 Å². The highest BCUT2D eigenvalue weighted by Crippen LogP contribution is 2.17. The summed E-state index contributed by atoms with van der Waals surface area (Å²) in [5.74, 6) is 0. The van der Waals surface area contributed by atoms with Gasteiger partial charge in [-0.2, -0.15) is 8.42 Å². The molecule has 166 valence electrons. The minimum Gasteiger partial charge on any atom is -0.266 e. The maximum absolute atomic E-state index is 12.2. The van der Waals surface area contributed by atoms with Crippen molar-refractivity contribution in [3.63, 3.8) is 0 Å². The Bertz CT molecular complexity index is 650. The Balaban J connectivity index is 1.92. The monoisotopic (exact) mass is 422 g/mol. The molecule has 1 aromatic rings. The highest BCUT2D eigenvalue weighted by atomic mass is 32.2. The third-order valence-electron chi connectivity index (χ3n) is 5.26. The van der Waals surface area contributed by atoms with E-state index in [4.69, 9.17) is 4.18 Å².